The van der Waals surface area contributed by atoms with Crippen molar-refractivity contribution in [2.75, 3.05) is 11.9 Å². The van der Waals surface area contributed by atoms with Crippen molar-refractivity contribution in [1.82, 2.24) is 4.31 Å². The van der Waals surface area contributed by atoms with Crippen LogP contribution in [0.25, 0.3) is 0 Å². The van der Waals surface area contributed by atoms with Crippen LogP contribution in [0.5, 0.6) is 0 Å². The summed E-state index contributed by atoms with van der Waals surface area (Å²) in [7, 11) is -3.70. The van der Waals surface area contributed by atoms with Gasteiger partial charge in [0.2, 0.25) is 15.9 Å². The highest BCUT2D eigenvalue weighted by Gasteiger charge is 2.58. The van der Waals surface area contributed by atoms with Crippen LogP contribution in [0.1, 0.15) is 12.0 Å². The molecule has 2 aromatic carbocycles. The number of amides is 1. The molecule has 0 bridgehead atoms. The van der Waals surface area contributed by atoms with Crippen molar-refractivity contribution in [2.45, 2.75) is 24.3 Å². The van der Waals surface area contributed by atoms with Crippen molar-refractivity contribution < 1.29 is 13.2 Å². The first-order valence-electron chi connectivity index (χ1n) is 8.51. The number of benzene rings is 2. The summed E-state index contributed by atoms with van der Waals surface area (Å²) < 4.78 is 27.5. The summed E-state index contributed by atoms with van der Waals surface area (Å²) in [5, 5.41) is 3.41. The molecule has 2 fully saturated rings. The van der Waals surface area contributed by atoms with E-state index in [4.69, 9.17) is 11.6 Å². The molecule has 26 heavy (non-hydrogen) atoms. The lowest BCUT2D eigenvalue weighted by Gasteiger charge is -2.26. The first-order valence-corrected chi connectivity index (χ1v) is 10.3. The molecule has 2 aromatic rings. The topological polar surface area (TPSA) is 66.5 Å². The molecular formula is C19H19ClN2O3S. The van der Waals surface area contributed by atoms with E-state index in [1.165, 1.54) is 4.31 Å². The Morgan fingerprint density at radius 3 is 2.42 bits per heavy atom. The third kappa shape index (κ3) is 3.13. The molecule has 0 unspecified atom stereocenters. The minimum absolute atomic E-state index is 0.0996. The Hall–Kier alpha value is -1.89. The fraction of sp³-hybridized carbons (Fsp3) is 0.316. The van der Waals surface area contributed by atoms with E-state index >= 15 is 0 Å². The number of carbonyl (C=O) groups excluding carboxylic acids is 1. The molecule has 1 N–H and O–H groups in total. The average molecular weight is 391 g/mol. The van der Waals surface area contributed by atoms with E-state index in [1.807, 2.05) is 6.92 Å². The van der Waals surface area contributed by atoms with Gasteiger partial charge in [-0.05, 0) is 61.6 Å². The van der Waals surface area contributed by atoms with Crippen LogP contribution in [0.2, 0.25) is 5.02 Å². The van der Waals surface area contributed by atoms with E-state index in [-0.39, 0.29) is 22.6 Å². The van der Waals surface area contributed by atoms with Crippen molar-refractivity contribution >= 4 is 33.2 Å². The Morgan fingerprint density at radius 2 is 1.77 bits per heavy atom. The summed E-state index contributed by atoms with van der Waals surface area (Å²) in [4.78, 5) is 13.1. The monoisotopic (exact) mass is 390 g/mol. The molecule has 136 valence electrons. The second-order valence-electron chi connectivity index (χ2n) is 6.99. The average Bonchev–Trinajstić information content (AvgIpc) is 3.26. The van der Waals surface area contributed by atoms with E-state index in [9.17, 15) is 13.2 Å². The van der Waals surface area contributed by atoms with E-state index in [1.54, 1.807) is 48.5 Å². The van der Waals surface area contributed by atoms with Crippen LogP contribution in [0.15, 0.2) is 53.4 Å². The van der Waals surface area contributed by atoms with Crippen molar-refractivity contribution in [3.8, 4) is 0 Å². The molecule has 1 aliphatic heterocycles. The zero-order valence-corrected chi connectivity index (χ0v) is 15.8. The lowest BCUT2D eigenvalue weighted by molar-refractivity contribution is -0.119. The maximum atomic E-state index is 13.1. The van der Waals surface area contributed by atoms with Crippen molar-refractivity contribution in [2.24, 2.45) is 11.8 Å². The van der Waals surface area contributed by atoms with Crippen molar-refractivity contribution in [3.63, 3.8) is 0 Å². The number of nitrogens with zero attached hydrogens (tertiary/aromatic N) is 1. The fourth-order valence-electron chi connectivity index (χ4n) is 3.59. The van der Waals surface area contributed by atoms with Crippen LogP contribution in [-0.4, -0.2) is 31.2 Å². The Kier molecular flexibility index (Phi) is 4.29. The summed E-state index contributed by atoms with van der Waals surface area (Å²) in [5.41, 5.74) is 1.60. The summed E-state index contributed by atoms with van der Waals surface area (Å²) in [6.45, 7) is 2.31. The maximum Gasteiger partial charge on any atom is 0.243 e. The third-order valence-corrected chi connectivity index (χ3v) is 7.23. The van der Waals surface area contributed by atoms with E-state index in [0.717, 1.165) is 12.0 Å². The summed E-state index contributed by atoms with van der Waals surface area (Å²) >= 11 is 5.87. The van der Waals surface area contributed by atoms with Gasteiger partial charge in [0.1, 0.15) is 6.04 Å². The van der Waals surface area contributed by atoms with E-state index in [0.29, 0.717) is 17.3 Å². The molecule has 0 spiro atoms. The Labute approximate surface area is 158 Å². The van der Waals surface area contributed by atoms with Gasteiger partial charge in [0, 0.05) is 17.3 Å². The number of carbonyl (C=O) groups is 1. The SMILES string of the molecule is Cc1ccc(S(=O)(=O)N2C[C@@H]3C[C@H]3[C@@H]2C(=O)Nc2ccc(Cl)cc2)cc1. The van der Waals surface area contributed by atoms with Crippen LogP contribution < -0.4 is 5.32 Å². The lowest BCUT2D eigenvalue weighted by atomic mass is 10.2. The van der Waals surface area contributed by atoms with Crippen molar-refractivity contribution in [3.05, 3.63) is 59.1 Å². The van der Waals surface area contributed by atoms with E-state index in [2.05, 4.69) is 5.32 Å². The highest BCUT2D eigenvalue weighted by atomic mass is 35.5. The molecule has 3 atom stereocenters. The lowest BCUT2D eigenvalue weighted by Crippen LogP contribution is -2.45. The largest absolute Gasteiger partial charge is 0.325 e. The van der Waals surface area contributed by atoms with Crippen LogP contribution in [0.4, 0.5) is 5.69 Å². The number of nitrogens with one attached hydrogen (secondary N) is 1. The Balaban J connectivity index is 1.59. The molecule has 4 rings (SSSR count). The maximum absolute atomic E-state index is 13.1. The first-order chi connectivity index (χ1) is 12.4. The smallest absolute Gasteiger partial charge is 0.243 e. The van der Waals surface area contributed by atoms with Gasteiger partial charge in [-0.2, -0.15) is 4.31 Å². The zero-order valence-electron chi connectivity index (χ0n) is 14.2. The highest BCUT2D eigenvalue weighted by molar-refractivity contribution is 7.89. The Bertz CT molecular complexity index is 942. The highest BCUT2D eigenvalue weighted by Crippen LogP contribution is 2.51. The van der Waals surface area contributed by atoms with Gasteiger partial charge in [-0.15, -0.1) is 0 Å². The third-order valence-electron chi connectivity index (χ3n) is 5.12. The fourth-order valence-corrected chi connectivity index (χ4v) is 5.41. The molecule has 1 saturated carbocycles. The molecule has 5 nitrogen and oxygen atoms in total. The normalized spacial score (nSPS) is 24.9. The van der Waals surface area contributed by atoms with Crippen LogP contribution in [0, 0.1) is 18.8 Å². The second kappa shape index (κ2) is 6.37. The number of piperidine rings is 1. The van der Waals surface area contributed by atoms with Crippen LogP contribution >= 0.6 is 11.6 Å². The number of fused-ring (bicyclic) bond motifs is 1. The molecule has 0 radical (unpaired) electrons. The van der Waals surface area contributed by atoms with Gasteiger partial charge in [0.15, 0.2) is 0 Å². The minimum atomic E-state index is -3.70. The number of halogens is 1. The molecule has 2 aliphatic rings. The molecule has 1 aliphatic carbocycles. The van der Waals surface area contributed by atoms with Crippen molar-refractivity contribution in [1.29, 1.82) is 0 Å². The number of hydrogen-bond donors (Lipinski definition) is 1. The molecule has 7 heteroatoms. The predicted molar refractivity (Wildman–Crippen MR) is 101 cm³/mol. The van der Waals surface area contributed by atoms with Gasteiger partial charge < -0.3 is 5.32 Å². The van der Waals surface area contributed by atoms with E-state index < -0.39 is 16.1 Å². The number of sulfonamides is 1. The minimum Gasteiger partial charge on any atom is -0.325 e. The number of anilines is 1. The second-order valence-corrected chi connectivity index (χ2v) is 9.32. The molecule has 1 heterocycles. The summed E-state index contributed by atoms with van der Waals surface area (Å²) in [6.07, 6.45) is 0.901. The van der Waals surface area contributed by atoms with Gasteiger partial charge in [-0.1, -0.05) is 29.3 Å². The molecule has 0 aromatic heterocycles. The van der Waals surface area contributed by atoms with Crippen LogP contribution in [0.3, 0.4) is 0 Å². The van der Waals surface area contributed by atoms with Gasteiger partial charge in [-0.3, -0.25) is 4.79 Å². The van der Waals surface area contributed by atoms with Gasteiger partial charge in [0.25, 0.3) is 0 Å². The molecular weight excluding hydrogens is 372 g/mol. The number of rotatable bonds is 4. The quantitative estimate of drug-likeness (QED) is 0.871. The number of aryl methyl sites for hydroxylation is 1. The van der Waals surface area contributed by atoms with Gasteiger partial charge in [-0.25, -0.2) is 8.42 Å². The first kappa shape index (κ1) is 17.5. The summed E-state index contributed by atoms with van der Waals surface area (Å²) in [5.74, 6) is 0.0896. The number of hydrogen-bond acceptors (Lipinski definition) is 3. The van der Waals surface area contributed by atoms with Gasteiger partial charge >= 0.3 is 0 Å². The predicted octanol–water partition coefficient (Wildman–Crippen LogP) is 3.30. The molecule has 1 saturated heterocycles. The standard InChI is InChI=1S/C19H19ClN2O3S/c1-12-2-8-16(9-3-12)26(24,25)22-11-13-10-17(13)18(22)19(23)21-15-6-4-14(20)5-7-15/h2-9,13,17-18H,10-11H2,1H3,(H,21,23)/t13-,17+,18+/m0/s1. The Morgan fingerprint density at radius 1 is 1.12 bits per heavy atom. The van der Waals surface area contributed by atoms with Gasteiger partial charge in [0.05, 0.1) is 4.90 Å². The van der Waals surface area contributed by atoms with Crippen LogP contribution in [-0.2, 0) is 14.8 Å². The molecule has 1 amide bonds. The zero-order chi connectivity index (χ0) is 18.5. The summed E-state index contributed by atoms with van der Waals surface area (Å²) in [6, 6.07) is 12.9.